The van der Waals surface area contributed by atoms with Crippen molar-refractivity contribution >= 4 is 27.5 Å². The summed E-state index contributed by atoms with van der Waals surface area (Å²) in [6.07, 6.45) is 1.86. The van der Waals surface area contributed by atoms with E-state index in [1.165, 1.54) is 21.3 Å². The van der Waals surface area contributed by atoms with E-state index >= 15 is 0 Å². The van der Waals surface area contributed by atoms with Crippen LogP contribution in [0.25, 0.3) is 0 Å². The van der Waals surface area contributed by atoms with Gasteiger partial charge in [-0.15, -0.1) is 0 Å². The van der Waals surface area contributed by atoms with Gasteiger partial charge in [0.2, 0.25) is 21.8 Å². The van der Waals surface area contributed by atoms with Gasteiger partial charge in [-0.2, -0.15) is 0 Å². The molecule has 0 fully saturated rings. The summed E-state index contributed by atoms with van der Waals surface area (Å²) < 4.78 is 39.3. The average molecular weight is 506 g/mol. The minimum atomic E-state index is -3.53. The molecule has 2 aromatic carbocycles. The molecule has 0 aromatic heterocycles. The van der Waals surface area contributed by atoms with Gasteiger partial charge in [-0.25, -0.2) is 12.8 Å². The van der Waals surface area contributed by atoms with E-state index in [-0.39, 0.29) is 43.6 Å². The lowest BCUT2D eigenvalue weighted by Gasteiger charge is -2.33. The smallest absolute Gasteiger partial charge is 0.243 e. The van der Waals surface area contributed by atoms with E-state index < -0.39 is 21.6 Å². The average Bonchev–Trinajstić information content (AvgIpc) is 2.76. The van der Waals surface area contributed by atoms with Crippen molar-refractivity contribution < 1.29 is 22.4 Å². The lowest BCUT2D eigenvalue weighted by atomic mass is 10.0. The second-order valence-corrected chi connectivity index (χ2v) is 11.5. The summed E-state index contributed by atoms with van der Waals surface area (Å²) in [6, 6.07) is 13.8. The molecule has 2 aromatic rings. The van der Waals surface area contributed by atoms with E-state index in [0.29, 0.717) is 17.7 Å². The molecule has 0 saturated carbocycles. The van der Waals surface area contributed by atoms with Crippen molar-refractivity contribution in [3.05, 3.63) is 66.0 Å². The number of para-hydroxylation sites is 1. The second-order valence-electron chi connectivity index (χ2n) is 9.59. The number of nitrogens with zero attached hydrogens (tertiary/aromatic N) is 2. The summed E-state index contributed by atoms with van der Waals surface area (Å²) in [4.78, 5) is 27.9. The number of hydrogen-bond acceptors (Lipinski definition) is 4. The second kappa shape index (κ2) is 12.2. The topological polar surface area (TPSA) is 86.8 Å². The maximum atomic E-state index is 13.4. The van der Waals surface area contributed by atoms with Crippen LogP contribution in [-0.2, 0) is 26.2 Å². The van der Waals surface area contributed by atoms with Gasteiger partial charge in [0, 0.05) is 25.0 Å². The number of benzene rings is 2. The predicted molar refractivity (Wildman–Crippen MR) is 137 cm³/mol. The molecular weight excluding hydrogens is 469 g/mol. The van der Waals surface area contributed by atoms with Crippen LogP contribution in [0.3, 0.4) is 0 Å². The van der Waals surface area contributed by atoms with Crippen molar-refractivity contribution in [2.75, 3.05) is 17.1 Å². The Labute approximate surface area is 208 Å². The Kier molecular flexibility index (Phi) is 9.82. The molecule has 0 aliphatic carbocycles. The zero-order valence-corrected chi connectivity index (χ0v) is 21.9. The Balaban J connectivity index is 2.21. The monoisotopic (exact) mass is 505 g/mol. The quantitative estimate of drug-likeness (QED) is 0.498. The zero-order valence-electron chi connectivity index (χ0n) is 21.1. The summed E-state index contributed by atoms with van der Waals surface area (Å²) >= 11 is 0. The Morgan fingerprint density at radius 1 is 1.03 bits per heavy atom. The number of hydrogen-bond donors (Lipinski definition) is 1. The van der Waals surface area contributed by atoms with Gasteiger partial charge in [-0.1, -0.05) is 37.3 Å². The number of carbonyl (C=O) groups excluding carboxylic acids is 2. The largest absolute Gasteiger partial charge is 0.350 e. The Morgan fingerprint density at radius 3 is 2.14 bits per heavy atom. The van der Waals surface area contributed by atoms with Crippen molar-refractivity contribution in [1.82, 2.24) is 10.2 Å². The summed E-state index contributed by atoms with van der Waals surface area (Å²) in [5.74, 6) is -0.921. The van der Waals surface area contributed by atoms with Crippen LogP contribution in [0.4, 0.5) is 10.1 Å². The normalized spacial score (nSPS) is 12.6. The minimum absolute atomic E-state index is 0.0549. The molecule has 35 heavy (non-hydrogen) atoms. The predicted octanol–water partition coefficient (Wildman–Crippen LogP) is 4.09. The number of anilines is 1. The van der Waals surface area contributed by atoms with E-state index in [2.05, 4.69) is 5.32 Å². The van der Waals surface area contributed by atoms with E-state index in [4.69, 9.17) is 0 Å². The molecule has 1 atom stereocenters. The van der Waals surface area contributed by atoms with Crippen LogP contribution in [0.1, 0.15) is 52.5 Å². The molecule has 9 heteroatoms. The van der Waals surface area contributed by atoms with Crippen molar-refractivity contribution in [2.45, 2.75) is 65.1 Å². The van der Waals surface area contributed by atoms with Crippen LogP contribution in [0, 0.1) is 5.82 Å². The highest BCUT2D eigenvalue weighted by Crippen LogP contribution is 2.19. The first-order chi connectivity index (χ1) is 16.3. The summed E-state index contributed by atoms with van der Waals surface area (Å²) in [7, 11) is -3.53. The molecule has 0 bridgehead atoms. The fraction of sp³-hybridized carbons (Fsp3) is 0.462. The first kappa shape index (κ1) is 28.3. The summed E-state index contributed by atoms with van der Waals surface area (Å²) in [5.41, 5.74) is 0.756. The maximum Gasteiger partial charge on any atom is 0.243 e. The Morgan fingerprint density at radius 2 is 1.63 bits per heavy atom. The molecular formula is C26H36FN3O4S. The van der Waals surface area contributed by atoms with Gasteiger partial charge in [0.15, 0.2) is 0 Å². The van der Waals surface area contributed by atoms with Gasteiger partial charge in [0.1, 0.15) is 11.9 Å². The first-order valence-electron chi connectivity index (χ1n) is 11.7. The lowest BCUT2D eigenvalue weighted by Crippen LogP contribution is -2.53. The molecule has 0 aliphatic heterocycles. The molecule has 0 radical (unpaired) electrons. The van der Waals surface area contributed by atoms with E-state index in [9.17, 15) is 22.4 Å². The van der Waals surface area contributed by atoms with Gasteiger partial charge in [-0.05, 0) is 63.4 Å². The molecule has 1 N–H and O–H groups in total. The molecule has 0 aliphatic rings. The number of sulfonamides is 1. The van der Waals surface area contributed by atoms with Gasteiger partial charge in [0.25, 0.3) is 0 Å². The number of rotatable bonds is 11. The number of amides is 2. The van der Waals surface area contributed by atoms with Crippen molar-refractivity contribution in [1.29, 1.82) is 0 Å². The zero-order chi connectivity index (χ0) is 26.2. The van der Waals surface area contributed by atoms with Crippen LogP contribution in [0.2, 0.25) is 0 Å². The van der Waals surface area contributed by atoms with E-state index in [1.54, 1.807) is 42.5 Å². The molecule has 2 rings (SSSR count). The van der Waals surface area contributed by atoms with Gasteiger partial charge in [-0.3, -0.25) is 13.9 Å². The van der Waals surface area contributed by atoms with Gasteiger partial charge in [0.05, 0.1) is 11.9 Å². The third kappa shape index (κ3) is 8.98. The van der Waals surface area contributed by atoms with Gasteiger partial charge >= 0.3 is 0 Å². The number of carbonyl (C=O) groups is 2. The highest BCUT2D eigenvalue weighted by atomic mass is 32.2. The molecule has 1 unspecified atom stereocenters. The van der Waals surface area contributed by atoms with E-state index in [1.807, 2.05) is 27.7 Å². The Hall–Kier alpha value is -2.94. The van der Waals surface area contributed by atoms with Gasteiger partial charge < -0.3 is 10.2 Å². The highest BCUT2D eigenvalue weighted by molar-refractivity contribution is 7.92. The van der Waals surface area contributed by atoms with Crippen LogP contribution in [0.5, 0.6) is 0 Å². The first-order valence-corrected chi connectivity index (χ1v) is 13.6. The molecule has 0 spiro atoms. The van der Waals surface area contributed by atoms with Crippen LogP contribution < -0.4 is 9.62 Å². The number of nitrogens with one attached hydrogen (secondary N) is 1. The fourth-order valence-corrected chi connectivity index (χ4v) is 4.72. The summed E-state index contributed by atoms with van der Waals surface area (Å²) in [6.45, 7) is 7.71. The van der Waals surface area contributed by atoms with Crippen LogP contribution in [0.15, 0.2) is 54.6 Å². The molecule has 0 saturated heterocycles. The van der Waals surface area contributed by atoms with Crippen molar-refractivity contribution in [2.24, 2.45) is 0 Å². The molecule has 7 nitrogen and oxygen atoms in total. The summed E-state index contributed by atoms with van der Waals surface area (Å²) in [5, 5.41) is 2.94. The standard InChI is InChI=1S/C26H36FN3O4S/c1-6-23(25(32)28-26(2,3)4)29(19-20-14-16-21(27)17-15-20)24(31)13-10-18-30(35(5,33)34)22-11-8-7-9-12-22/h7-9,11-12,14-17,23H,6,10,13,18-19H2,1-5H3,(H,28,32). The minimum Gasteiger partial charge on any atom is -0.350 e. The SMILES string of the molecule is CCC(C(=O)NC(C)(C)C)N(Cc1ccc(F)cc1)C(=O)CCCN(c1ccccc1)S(C)(=O)=O. The van der Waals surface area contributed by atoms with Crippen molar-refractivity contribution in [3.63, 3.8) is 0 Å². The van der Waals surface area contributed by atoms with Crippen LogP contribution in [-0.4, -0.2) is 49.5 Å². The highest BCUT2D eigenvalue weighted by Gasteiger charge is 2.30. The van der Waals surface area contributed by atoms with Crippen LogP contribution >= 0.6 is 0 Å². The fourth-order valence-electron chi connectivity index (χ4n) is 3.76. The molecule has 192 valence electrons. The lowest BCUT2D eigenvalue weighted by molar-refractivity contribution is -0.142. The number of halogens is 1. The third-order valence-electron chi connectivity index (χ3n) is 5.35. The van der Waals surface area contributed by atoms with E-state index in [0.717, 1.165) is 6.26 Å². The maximum absolute atomic E-state index is 13.4. The third-order valence-corrected chi connectivity index (χ3v) is 6.54. The molecule has 0 heterocycles. The van der Waals surface area contributed by atoms with Crippen molar-refractivity contribution in [3.8, 4) is 0 Å². The molecule has 2 amide bonds. The Bertz CT molecular complexity index is 1080.